The zero-order valence-corrected chi connectivity index (χ0v) is 13.8. The molecule has 2 N–H and O–H groups in total. The van der Waals surface area contributed by atoms with E-state index in [0.717, 1.165) is 25.9 Å². The monoisotopic (exact) mass is 350 g/mol. The zero-order valence-electron chi connectivity index (χ0n) is 13.0. The van der Waals surface area contributed by atoms with Gasteiger partial charge in [-0.1, -0.05) is 6.07 Å². The lowest BCUT2D eigenvalue weighted by molar-refractivity contribution is 0.0229. The van der Waals surface area contributed by atoms with Crippen LogP contribution in [0.2, 0.25) is 0 Å². The summed E-state index contributed by atoms with van der Waals surface area (Å²) in [5, 5.41) is 5.95. The first-order chi connectivity index (χ1) is 11.2. The molecule has 7 heteroatoms. The quantitative estimate of drug-likeness (QED) is 0.829. The van der Waals surface area contributed by atoms with Gasteiger partial charge < -0.3 is 19.8 Å². The molecule has 1 saturated heterocycles. The van der Waals surface area contributed by atoms with Crippen molar-refractivity contribution in [3.63, 3.8) is 0 Å². The number of halogens is 1. The predicted molar refractivity (Wildman–Crippen MR) is 91.7 cm³/mol. The molecule has 1 aliphatic heterocycles. The van der Waals surface area contributed by atoms with Gasteiger partial charge in [0.05, 0.1) is 17.4 Å². The van der Waals surface area contributed by atoms with Crippen molar-refractivity contribution >= 4 is 30.0 Å². The number of furan rings is 1. The highest BCUT2D eigenvalue weighted by Crippen LogP contribution is 2.16. The third-order valence-corrected chi connectivity index (χ3v) is 3.70. The molecule has 24 heavy (non-hydrogen) atoms. The molecule has 0 unspecified atom stereocenters. The van der Waals surface area contributed by atoms with Crippen LogP contribution in [0.1, 0.15) is 33.6 Å². The van der Waals surface area contributed by atoms with Gasteiger partial charge in [0.15, 0.2) is 0 Å². The van der Waals surface area contributed by atoms with Gasteiger partial charge in [0.1, 0.15) is 12.4 Å². The number of ether oxygens (including phenoxy) is 1. The number of hydrogen-bond donors (Lipinski definition) is 2. The summed E-state index contributed by atoms with van der Waals surface area (Å²) in [7, 11) is 0. The van der Waals surface area contributed by atoms with E-state index in [4.69, 9.17) is 9.15 Å². The van der Waals surface area contributed by atoms with Crippen molar-refractivity contribution in [1.82, 2.24) is 5.32 Å². The standard InChI is InChI=1S/C17H18N2O4.ClH/c20-16(13-6-9-22-11-13)19-14-3-1-2-12(10-14)17(21)23-15-4-7-18-8-5-15;/h1-3,6,9-11,15,18H,4-5,7-8H2,(H,19,20);1H. The van der Waals surface area contributed by atoms with Gasteiger partial charge in [0.2, 0.25) is 0 Å². The second-order valence-electron chi connectivity index (χ2n) is 5.40. The minimum atomic E-state index is -0.365. The molecule has 1 fully saturated rings. The number of anilines is 1. The van der Waals surface area contributed by atoms with E-state index in [9.17, 15) is 9.59 Å². The number of esters is 1. The maximum absolute atomic E-state index is 12.2. The van der Waals surface area contributed by atoms with Crippen LogP contribution >= 0.6 is 12.4 Å². The van der Waals surface area contributed by atoms with Crippen LogP contribution in [0.4, 0.5) is 5.69 Å². The number of benzene rings is 1. The average Bonchev–Trinajstić information content (AvgIpc) is 3.11. The summed E-state index contributed by atoms with van der Waals surface area (Å²) >= 11 is 0. The molecule has 2 heterocycles. The Kier molecular flexibility index (Phi) is 6.40. The number of rotatable bonds is 4. The van der Waals surface area contributed by atoms with Crippen molar-refractivity contribution in [3.05, 3.63) is 54.0 Å². The molecule has 6 nitrogen and oxygen atoms in total. The first-order valence-corrected chi connectivity index (χ1v) is 7.58. The van der Waals surface area contributed by atoms with Crippen molar-refractivity contribution in [3.8, 4) is 0 Å². The topological polar surface area (TPSA) is 80.6 Å². The lowest BCUT2D eigenvalue weighted by Crippen LogP contribution is -2.33. The van der Waals surface area contributed by atoms with Gasteiger partial charge in [-0.3, -0.25) is 4.79 Å². The van der Waals surface area contributed by atoms with Crippen LogP contribution in [0.5, 0.6) is 0 Å². The van der Waals surface area contributed by atoms with Gasteiger partial charge in [-0.25, -0.2) is 4.79 Å². The molecule has 0 atom stereocenters. The molecule has 128 valence electrons. The van der Waals surface area contributed by atoms with Gasteiger partial charge in [-0.15, -0.1) is 12.4 Å². The number of nitrogens with one attached hydrogen (secondary N) is 2. The fraction of sp³-hybridized carbons (Fsp3) is 0.294. The lowest BCUT2D eigenvalue weighted by atomic mass is 10.1. The molecule has 3 rings (SSSR count). The maximum atomic E-state index is 12.2. The van der Waals surface area contributed by atoms with E-state index >= 15 is 0 Å². The molecule has 0 saturated carbocycles. The largest absolute Gasteiger partial charge is 0.472 e. The maximum Gasteiger partial charge on any atom is 0.338 e. The minimum Gasteiger partial charge on any atom is -0.472 e. The first-order valence-electron chi connectivity index (χ1n) is 7.58. The van der Waals surface area contributed by atoms with Crippen LogP contribution in [0.15, 0.2) is 47.3 Å². The van der Waals surface area contributed by atoms with Crippen molar-refractivity contribution in [2.24, 2.45) is 0 Å². The summed E-state index contributed by atoms with van der Waals surface area (Å²) in [6.45, 7) is 1.72. The summed E-state index contributed by atoms with van der Waals surface area (Å²) in [5.74, 6) is -0.654. The van der Waals surface area contributed by atoms with Crippen LogP contribution in [0.25, 0.3) is 0 Å². The average molecular weight is 351 g/mol. The third kappa shape index (κ3) is 4.59. The van der Waals surface area contributed by atoms with Gasteiger partial charge in [0, 0.05) is 5.69 Å². The number of carbonyl (C=O) groups is 2. The first kappa shape index (κ1) is 18.0. The van der Waals surface area contributed by atoms with Gasteiger partial charge in [-0.2, -0.15) is 0 Å². The number of piperidine rings is 1. The highest BCUT2D eigenvalue weighted by Gasteiger charge is 2.19. The Morgan fingerprint density at radius 2 is 1.96 bits per heavy atom. The van der Waals surface area contributed by atoms with Crippen LogP contribution < -0.4 is 10.6 Å². The third-order valence-electron chi connectivity index (χ3n) is 3.70. The molecule has 1 amide bonds. The fourth-order valence-electron chi connectivity index (χ4n) is 2.45. The SMILES string of the molecule is Cl.O=C(Nc1cccc(C(=O)OC2CCNCC2)c1)c1ccoc1. The molecule has 1 aromatic heterocycles. The van der Waals surface area contributed by atoms with E-state index in [0.29, 0.717) is 16.8 Å². The summed E-state index contributed by atoms with van der Waals surface area (Å²) < 4.78 is 10.4. The van der Waals surface area contributed by atoms with Crippen molar-refractivity contribution in [2.75, 3.05) is 18.4 Å². The number of hydrogen-bond acceptors (Lipinski definition) is 5. The van der Waals surface area contributed by atoms with Crippen LogP contribution in [-0.4, -0.2) is 31.1 Å². The highest BCUT2D eigenvalue weighted by molar-refractivity contribution is 6.04. The van der Waals surface area contributed by atoms with Gasteiger partial charge in [-0.05, 0) is 50.2 Å². The molecule has 0 spiro atoms. The Bertz CT molecular complexity index is 682. The number of carbonyl (C=O) groups excluding carboxylic acids is 2. The lowest BCUT2D eigenvalue weighted by Gasteiger charge is -2.22. The molecule has 0 radical (unpaired) electrons. The molecule has 1 aliphatic rings. The minimum absolute atomic E-state index is 0. The van der Waals surface area contributed by atoms with E-state index in [1.807, 2.05) is 0 Å². The Hall–Kier alpha value is -2.31. The summed E-state index contributed by atoms with van der Waals surface area (Å²) in [6, 6.07) is 8.30. The van der Waals surface area contributed by atoms with Crippen molar-refractivity contribution < 1.29 is 18.7 Å². The Balaban J connectivity index is 0.00000208. The molecular weight excluding hydrogens is 332 g/mol. The van der Waals surface area contributed by atoms with Gasteiger partial charge in [0.25, 0.3) is 5.91 Å². The second-order valence-corrected chi connectivity index (χ2v) is 5.40. The summed E-state index contributed by atoms with van der Waals surface area (Å²) in [4.78, 5) is 24.2. The molecule has 0 aliphatic carbocycles. The van der Waals surface area contributed by atoms with E-state index < -0.39 is 0 Å². The van der Waals surface area contributed by atoms with Crippen LogP contribution in [-0.2, 0) is 4.74 Å². The van der Waals surface area contributed by atoms with E-state index in [1.165, 1.54) is 12.5 Å². The van der Waals surface area contributed by atoms with Crippen molar-refractivity contribution in [2.45, 2.75) is 18.9 Å². The van der Waals surface area contributed by atoms with Gasteiger partial charge >= 0.3 is 5.97 Å². The number of amides is 1. The van der Waals surface area contributed by atoms with Crippen LogP contribution in [0.3, 0.4) is 0 Å². The smallest absolute Gasteiger partial charge is 0.338 e. The Morgan fingerprint density at radius 3 is 2.67 bits per heavy atom. The molecular formula is C17H19ClN2O4. The van der Waals surface area contributed by atoms with E-state index in [1.54, 1.807) is 30.3 Å². The second kappa shape index (κ2) is 8.52. The molecule has 1 aromatic carbocycles. The predicted octanol–water partition coefficient (Wildman–Crippen LogP) is 2.86. The molecule has 0 bridgehead atoms. The molecule has 2 aromatic rings. The Morgan fingerprint density at radius 1 is 1.17 bits per heavy atom. The van der Waals surface area contributed by atoms with Crippen LogP contribution in [0, 0.1) is 0 Å². The summed E-state index contributed by atoms with van der Waals surface area (Å²) in [6.07, 6.45) is 4.39. The van der Waals surface area contributed by atoms with E-state index in [-0.39, 0.29) is 30.4 Å². The van der Waals surface area contributed by atoms with E-state index in [2.05, 4.69) is 10.6 Å². The normalized spacial score (nSPS) is 14.5. The van der Waals surface area contributed by atoms with Crippen molar-refractivity contribution in [1.29, 1.82) is 0 Å². The fourth-order valence-corrected chi connectivity index (χ4v) is 2.45. The summed E-state index contributed by atoms with van der Waals surface area (Å²) in [5.41, 5.74) is 1.39. The zero-order chi connectivity index (χ0) is 16.1. The highest BCUT2D eigenvalue weighted by atomic mass is 35.5. The Labute approximate surface area is 146 Å².